The molecule has 21 nitrogen and oxygen atoms in total. The Hall–Kier alpha value is -13.5. The number of ether oxygens (including phenoxy) is 8. The number of benzene rings is 15. The number of rotatable bonds is 11. The SMILES string of the molecule is COc1ccc(B(O)O)cc1F.COc1ccc2c(c1)C(=O)CCC2.COc1ccc2c(c1)C(C#N)=CCC2.COc1ccc2cc(-c3ccc(OC)c(F)c3)cc(C#N)c2c1.COc1ccc2cc(Br)cc(C#N)c2c1.COc1ccc2cc(Br)cc(C#N)c2c1Br.COc1ccc2cccc(C#N)c2c1.N#Cc1cc(-c2ccc(O)c(F)c2)cc2ccc(O)cc12.O.O.[Cl][Sn][Cl]. The quantitative estimate of drug-likeness (QED) is 0.0874. The maximum atomic E-state index is 13.9. The number of methoxy groups -OCH3 is 8. The molecule has 2 aliphatic carbocycles. The van der Waals surface area contributed by atoms with E-state index in [1.807, 2.05) is 152 Å². The van der Waals surface area contributed by atoms with Gasteiger partial charge in [0.05, 0.1) is 131 Å². The first-order valence-corrected chi connectivity index (χ1v) is 49.0. The summed E-state index contributed by atoms with van der Waals surface area (Å²) in [6.07, 6.45) is 6.65. The van der Waals surface area contributed by atoms with E-state index < -0.39 is 49.2 Å². The summed E-state index contributed by atoms with van der Waals surface area (Å²) in [5.41, 5.74) is 10.7. The van der Waals surface area contributed by atoms with Crippen LogP contribution in [0.25, 0.3) is 81.7 Å². The van der Waals surface area contributed by atoms with Gasteiger partial charge in [-0.15, -0.1) is 0 Å². The van der Waals surface area contributed by atoms with Crippen LogP contribution in [0.5, 0.6) is 57.5 Å². The van der Waals surface area contributed by atoms with Gasteiger partial charge in [0, 0.05) is 47.9 Å². The summed E-state index contributed by atoms with van der Waals surface area (Å²) in [6.45, 7) is 0. The zero-order valence-electron chi connectivity index (χ0n) is 72.5. The molecule has 0 amide bonds. The van der Waals surface area contributed by atoms with Gasteiger partial charge in [0.2, 0.25) is 0 Å². The minimum absolute atomic E-state index is 0. The molecule has 15 aromatic carbocycles. The molecule has 0 aromatic heterocycles. The molecule has 15 aromatic rings. The molecule has 0 unspecified atom stereocenters. The maximum absolute atomic E-state index is 13.9. The van der Waals surface area contributed by atoms with E-state index in [2.05, 4.69) is 88.9 Å². The Labute approximate surface area is 809 Å². The molecule has 0 saturated carbocycles. The van der Waals surface area contributed by atoms with Gasteiger partial charge < -0.3 is 69.1 Å². The van der Waals surface area contributed by atoms with E-state index in [9.17, 15) is 38.7 Å². The monoisotopic (exact) mass is 2130 g/mol. The van der Waals surface area contributed by atoms with Crippen LogP contribution in [-0.2, 0) is 12.8 Å². The van der Waals surface area contributed by atoms with E-state index in [-0.39, 0.29) is 39.4 Å². The third-order valence-electron chi connectivity index (χ3n) is 20.3. The van der Waals surface area contributed by atoms with E-state index in [1.54, 1.807) is 91.2 Å². The summed E-state index contributed by atoms with van der Waals surface area (Å²) in [7, 11) is 20.7. The Morgan fingerprint density at radius 1 is 0.383 bits per heavy atom. The van der Waals surface area contributed by atoms with Crippen molar-refractivity contribution in [3.8, 4) is 116 Å². The Kier molecular flexibility index (Phi) is 42.0. The number of hydrogen-bond donors (Lipinski definition) is 4. The van der Waals surface area contributed by atoms with Crippen molar-refractivity contribution in [2.45, 2.75) is 32.1 Å². The van der Waals surface area contributed by atoms with Crippen LogP contribution in [-0.4, -0.2) is 120 Å². The molecule has 0 fully saturated rings. The molecule has 2 radical (unpaired) electrons. The Morgan fingerprint density at radius 3 is 1.30 bits per heavy atom. The molecule has 31 heteroatoms. The zero-order chi connectivity index (χ0) is 95.0. The summed E-state index contributed by atoms with van der Waals surface area (Å²) >= 11 is 9.41. The molecule has 0 bridgehead atoms. The fourth-order valence-electron chi connectivity index (χ4n) is 13.8. The number of ketones is 1. The van der Waals surface area contributed by atoms with Gasteiger partial charge in [-0.2, -0.15) is 31.6 Å². The van der Waals surface area contributed by atoms with Gasteiger partial charge in [0.1, 0.15) is 40.2 Å². The molecule has 17 rings (SSSR count). The predicted molar refractivity (Wildman–Crippen MR) is 526 cm³/mol. The number of carbonyl (C=O) groups is 1. The first kappa shape index (κ1) is 107. The van der Waals surface area contributed by atoms with Gasteiger partial charge in [-0.25, -0.2) is 13.2 Å². The van der Waals surface area contributed by atoms with Crippen molar-refractivity contribution < 1.29 is 87.1 Å². The molecule has 0 saturated heterocycles. The molecule has 0 heterocycles. The number of aromatic hydroxyl groups is 2. The average molecular weight is 2130 g/mol. The van der Waals surface area contributed by atoms with Crippen molar-refractivity contribution >= 4 is 162 Å². The van der Waals surface area contributed by atoms with Crippen LogP contribution in [0.3, 0.4) is 0 Å². The van der Waals surface area contributed by atoms with Crippen molar-refractivity contribution in [1.29, 1.82) is 31.6 Å². The molecule has 0 spiro atoms. The number of phenols is 2. The third-order valence-corrected chi connectivity index (χ3v) is 22.0. The number of carbonyl (C=O) groups excluding carboxylic acids is 1. The van der Waals surface area contributed by atoms with E-state index in [1.165, 1.54) is 62.2 Å². The fourth-order valence-corrected chi connectivity index (χ4v) is 15.5. The number of Topliss-reactive ketones (excluding diaryl/α,β-unsaturated/α-hetero) is 1. The number of allylic oxidation sites excluding steroid dienone is 2. The molecular weight excluding hydrogens is 2050 g/mol. The first-order chi connectivity index (χ1) is 63.2. The molecule has 674 valence electrons. The van der Waals surface area contributed by atoms with E-state index >= 15 is 0 Å². The number of phenolic OH excluding ortho intramolecular Hbond substituents is 2. The van der Waals surface area contributed by atoms with Crippen LogP contribution in [0, 0.1) is 85.4 Å². The van der Waals surface area contributed by atoms with Crippen LogP contribution in [0.1, 0.15) is 74.1 Å². The van der Waals surface area contributed by atoms with E-state index in [0.29, 0.717) is 62.1 Å². The summed E-state index contributed by atoms with van der Waals surface area (Å²) < 4.78 is 83.3. The van der Waals surface area contributed by atoms with Crippen LogP contribution in [0.4, 0.5) is 13.2 Å². The summed E-state index contributed by atoms with van der Waals surface area (Å²) in [4.78, 5) is 11.5. The van der Waals surface area contributed by atoms with E-state index in [4.69, 9.17) is 82.1 Å². The van der Waals surface area contributed by atoms with E-state index in [0.717, 1.165) is 150 Å². The van der Waals surface area contributed by atoms with Crippen molar-refractivity contribution in [3.63, 3.8) is 0 Å². The van der Waals surface area contributed by atoms with Crippen LogP contribution >= 0.6 is 65.6 Å². The summed E-state index contributed by atoms with van der Waals surface area (Å²) in [5.74, 6) is 3.00. The van der Waals surface area contributed by atoms with Gasteiger partial charge in [-0.05, 0) is 283 Å². The number of hydrogen-bond acceptors (Lipinski definition) is 19. The van der Waals surface area contributed by atoms with Gasteiger partial charge in [0.25, 0.3) is 0 Å². The Balaban J connectivity index is 0.000000208. The van der Waals surface area contributed by atoms with Gasteiger partial charge >= 0.3 is 43.8 Å². The van der Waals surface area contributed by atoms with Crippen molar-refractivity contribution in [2.24, 2.45) is 0 Å². The van der Waals surface area contributed by atoms with Crippen molar-refractivity contribution in [1.82, 2.24) is 0 Å². The van der Waals surface area contributed by atoms with Crippen molar-refractivity contribution in [3.05, 3.63) is 330 Å². The number of halogens is 8. The number of fused-ring (bicyclic) bond motifs is 7. The number of nitriles is 6. The van der Waals surface area contributed by atoms with Crippen LogP contribution < -0.4 is 43.4 Å². The van der Waals surface area contributed by atoms with Crippen LogP contribution in [0.15, 0.2) is 262 Å². The van der Waals surface area contributed by atoms with Crippen LogP contribution in [0.2, 0.25) is 0 Å². The third kappa shape index (κ3) is 28.3. The molecular formula is C102H83BBr3Cl2F3N6O15Sn. The second kappa shape index (κ2) is 52.5. The Bertz CT molecular complexity index is 7030. The summed E-state index contributed by atoms with van der Waals surface area (Å²) in [6, 6.07) is 83.2. The van der Waals surface area contributed by atoms with Crippen molar-refractivity contribution in [2.75, 3.05) is 56.9 Å². The number of aryl methyl sites for hydroxylation is 2. The average Bonchev–Trinajstić information content (AvgIpc) is 0.795. The molecule has 0 aliphatic heterocycles. The molecule has 0 atom stereocenters. The second-order valence-corrected chi connectivity index (χ2v) is 35.0. The number of nitrogens with zero attached hydrogens (tertiary/aromatic N) is 6. The fraction of sp³-hybridized carbons (Fsp3) is 0.127. The second-order valence-electron chi connectivity index (χ2n) is 28.1. The summed E-state index contributed by atoms with van der Waals surface area (Å²) in [5, 5.41) is 99.7. The standard InChI is InChI=1S/C19H14FNO2.C17H10FNO2.C12H7Br2NO.C12H8BrNO.C12H11NO.C12H9NO.C11H12O2.C7H8BFO3.2ClH.2H2O.Sn/c1-22-16-5-3-13-7-14(8-15(11-21)17(13)10-16)12-4-6-19(23-2)18(20)9-12;18-16-7-10(2-4-17(16)21)12-5-11-1-3-14(20)8-15(11)13(6-12)9-19;1-16-10-3-2-7-4-9(13)5-8(6-15)11(7)12(10)14;1-15-11-3-2-8-4-10(13)5-9(7-14)12(8)6-11;2*1-14-11-6-5-9-3-2-4-10(8-13)12(9)7-11;1-13-9-6-5-8-3-2-4-11(12)10(8)7-9;1-12-7-3-2-5(8(10)11)4-6(7)9;;;;;/h3-10H,1-2H3;1-8,20-21H;2-5H,1H3;2-6H,1H3;4-7H,2-3H2,1H3;2-7H,1H3;5-7H,2-4H2,1H3;2-4,10-11H,1H3;2*1H;2*1H2;/q;;;;;;;;;;;;+2/p-2. The minimum atomic E-state index is -1.65. The molecule has 133 heavy (non-hydrogen) atoms. The first-order valence-electron chi connectivity index (χ1n) is 39.4. The predicted octanol–water partition coefficient (Wildman–Crippen LogP) is 22.5. The zero-order valence-corrected chi connectivity index (χ0v) is 81.6. The Morgan fingerprint density at radius 2 is 0.805 bits per heavy atom. The topological polar surface area (TPSA) is 378 Å². The molecule has 2 aliphatic rings. The van der Waals surface area contributed by atoms with Gasteiger partial charge in [-0.3, -0.25) is 4.79 Å². The van der Waals surface area contributed by atoms with Gasteiger partial charge in [0.15, 0.2) is 40.5 Å². The molecule has 8 N–H and O–H groups in total. The normalized spacial score (nSPS) is 10.8. The van der Waals surface area contributed by atoms with Gasteiger partial charge in [-0.1, -0.05) is 111 Å².